The summed E-state index contributed by atoms with van der Waals surface area (Å²) in [6, 6.07) is 25.2. The predicted molar refractivity (Wildman–Crippen MR) is 120 cm³/mol. The molecule has 0 aliphatic heterocycles. The summed E-state index contributed by atoms with van der Waals surface area (Å²) < 4.78 is 27.8. The number of carbonyl (C=O) groups excluding carboxylic acids is 1. The lowest BCUT2D eigenvalue weighted by Crippen LogP contribution is -2.42. The van der Waals surface area contributed by atoms with E-state index in [9.17, 15) is 13.2 Å². The first kappa shape index (κ1) is 21.6. The molecule has 0 aromatic heterocycles. The number of hydrogen-bond acceptors (Lipinski definition) is 3. The van der Waals surface area contributed by atoms with E-state index in [1.165, 1.54) is 16.4 Å². The Hall–Kier alpha value is -3.12. The van der Waals surface area contributed by atoms with Crippen LogP contribution in [0, 0.1) is 6.92 Å². The summed E-state index contributed by atoms with van der Waals surface area (Å²) >= 11 is 0. The molecule has 0 spiro atoms. The zero-order valence-electron chi connectivity index (χ0n) is 17.2. The topological polar surface area (TPSA) is 66.5 Å². The second-order valence-corrected chi connectivity index (χ2v) is 9.09. The van der Waals surface area contributed by atoms with E-state index in [1.54, 1.807) is 30.3 Å². The number of aryl methyl sites for hydroxylation is 1. The molecule has 5 nitrogen and oxygen atoms in total. The lowest BCUT2D eigenvalue weighted by molar-refractivity contribution is -0.119. The molecule has 0 aliphatic carbocycles. The molecule has 0 bridgehead atoms. The summed E-state index contributed by atoms with van der Waals surface area (Å²) in [5, 5.41) is 2.88. The average Bonchev–Trinajstić information content (AvgIpc) is 2.77. The molecule has 0 saturated carbocycles. The summed E-state index contributed by atoms with van der Waals surface area (Å²) in [5.41, 5.74) is 2.39. The quantitative estimate of drug-likeness (QED) is 0.594. The molecular weight excluding hydrogens is 396 g/mol. The van der Waals surface area contributed by atoms with Crippen LogP contribution in [0.1, 0.15) is 24.0 Å². The van der Waals surface area contributed by atoms with Gasteiger partial charge in [0.05, 0.1) is 10.6 Å². The van der Waals surface area contributed by atoms with Crippen molar-refractivity contribution in [3.05, 3.63) is 96.1 Å². The summed E-state index contributed by atoms with van der Waals surface area (Å²) in [6.07, 6.45) is 0. The van der Waals surface area contributed by atoms with Crippen molar-refractivity contribution < 1.29 is 13.2 Å². The van der Waals surface area contributed by atoms with Gasteiger partial charge in [-0.15, -0.1) is 0 Å². The molecule has 0 radical (unpaired) electrons. The third-order valence-corrected chi connectivity index (χ3v) is 6.75. The molecule has 1 atom stereocenters. The van der Waals surface area contributed by atoms with E-state index < -0.39 is 10.0 Å². The van der Waals surface area contributed by atoms with Crippen LogP contribution in [0.5, 0.6) is 0 Å². The minimum atomic E-state index is -3.89. The number of hydrogen-bond donors (Lipinski definition) is 1. The molecule has 3 rings (SSSR count). The van der Waals surface area contributed by atoms with Crippen LogP contribution in [0.15, 0.2) is 89.8 Å². The van der Waals surface area contributed by atoms with Gasteiger partial charge in [-0.05, 0) is 42.2 Å². The second-order valence-electron chi connectivity index (χ2n) is 7.23. The Labute approximate surface area is 178 Å². The molecule has 1 amide bonds. The summed E-state index contributed by atoms with van der Waals surface area (Å²) in [4.78, 5) is 12.9. The van der Waals surface area contributed by atoms with Crippen molar-refractivity contribution in [1.82, 2.24) is 5.32 Å². The first-order valence-electron chi connectivity index (χ1n) is 9.84. The van der Waals surface area contributed by atoms with Crippen LogP contribution in [-0.4, -0.2) is 27.4 Å². The van der Waals surface area contributed by atoms with Gasteiger partial charge in [-0.1, -0.05) is 73.7 Å². The van der Waals surface area contributed by atoms with Crippen molar-refractivity contribution in [3.8, 4) is 0 Å². The average molecular weight is 423 g/mol. The molecule has 0 saturated heterocycles. The Morgan fingerprint density at radius 1 is 0.900 bits per heavy atom. The fourth-order valence-electron chi connectivity index (χ4n) is 3.22. The molecule has 6 heteroatoms. The fraction of sp³-hybridized carbons (Fsp3) is 0.208. The van der Waals surface area contributed by atoms with Gasteiger partial charge in [0.2, 0.25) is 5.91 Å². The minimum Gasteiger partial charge on any atom is -0.354 e. The smallest absolute Gasteiger partial charge is 0.264 e. The molecule has 3 aromatic carbocycles. The van der Waals surface area contributed by atoms with E-state index in [4.69, 9.17) is 0 Å². The monoisotopic (exact) mass is 422 g/mol. The first-order chi connectivity index (χ1) is 14.4. The number of sulfonamides is 1. The van der Waals surface area contributed by atoms with Crippen molar-refractivity contribution in [2.24, 2.45) is 0 Å². The highest BCUT2D eigenvalue weighted by Gasteiger charge is 2.28. The number of rotatable bonds is 8. The maximum atomic E-state index is 13.3. The van der Waals surface area contributed by atoms with E-state index in [0.29, 0.717) is 12.2 Å². The standard InChI is InChI=1S/C24H26N2O3S/c1-19-11-9-10-16-23(19)26(30(28,29)22-14-7-4-8-15-22)18-24(27)25-17-20(2)21-12-5-3-6-13-21/h3-16,20H,17-18H2,1-2H3,(H,25,27). The van der Waals surface area contributed by atoms with Crippen LogP contribution >= 0.6 is 0 Å². The number of nitrogens with one attached hydrogen (secondary N) is 1. The van der Waals surface area contributed by atoms with Gasteiger partial charge in [-0.3, -0.25) is 9.10 Å². The Balaban J connectivity index is 1.81. The number of nitrogens with zero attached hydrogens (tertiary/aromatic N) is 1. The molecule has 1 unspecified atom stereocenters. The van der Waals surface area contributed by atoms with Crippen LogP contribution < -0.4 is 9.62 Å². The lowest BCUT2D eigenvalue weighted by Gasteiger charge is -2.26. The molecule has 0 aliphatic rings. The largest absolute Gasteiger partial charge is 0.354 e. The van der Waals surface area contributed by atoms with Gasteiger partial charge in [-0.2, -0.15) is 0 Å². The van der Waals surface area contributed by atoms with Crippen LogP contribution in [0.4, 0.5) is 5.69 Å². The molecule has 156 valence electrons. The van der Waals surface area contributed by atoms with Gasteiger partial charge in [0.15, 0.2) is 0 Å². The Morgan fingerprint density at radius 3 is 2.10 bits per heavy atom. The highest BCUT2D eigenvalue weighted by atomic mass is 32.2. The lowest BCUT2D eigenvalue weighted by atomic mass is 10.0. The Morgan fingerprint density at radius 2 is 1.47 bits per heavy atom. The molecule has 0 heterocycles. The molecular formula is C24H26N2O3S. The SMILES string of the molecule is Cc1ccccc1N(CC(=O)NCC(C)c1ccccc1)S(=O)(=O)c1ccccc1. The van der Waals surface area contributed by atoms with E-state index in [1.807, 2.05) is 56.3 Å². The number of benzene rings is 3. The number of amides is 1. The van der Waals surface area contributed by atoms with Gasteiger partial charge >= 0.3 is 0 Å². The van der Waals surface area contributed by atoms with E-state index in [-0.39, 0.29) is 23.3 Å². The highest BCUT2D eigenvalue weighted by molar-refractivity contribution is 7.92. The zero-order valence-corrected chi connectivity index (χ0v) is 18.0. The van der Waals surface area contributed by atoms with E-state index >= 15 is 0 Å². The summed E-state index contributed by atoms with van der Waals surface area (Å²) in [5.74, 6) is -0.228. The van der Waals surface area contributed by atoms with Crippen molar-refractivity contribution >= 4 is 21.6 Å². The molecule has 0 fully saturated rings. The van der Waals surface area contributed by atoms with Crippen LogP contribution in [0.2, 0.25) is 0 Å². The zero-order chi connectivity index (χ0) is 21.6. The second kappa shape index (κ2) is 9.59. The van der Waals surface area contributed by atoms with Crippen molar-refractivity contribution in [1.29, 1.82) is 0 Å². The van der Waals surface area contributed by atoms with Crippen LogP contribution in [-0.2, 0) is 14.8 Å². The van der Waals surface area contributed by atoms with Crippen molar-refractivity contribution in [3.63, 3.8) is 0 Å². The highest BCUT2D eigenvalue weighted by Crippen LogP contribution is 2.26. The van der Waals surface area contributed by atoms with Gasteiger partial charge in [-0.25, -0.2) is 8.42 Å². The maximum Gasteiger partial charge on any atom is 0.264 e. The van der Waals surface area contributed by atoms with Gasteiger partial charge in [0.1, 0.15) is 6.54 Å². The van der Waals surface area contributed by atoms with Gasteiger partial charge in [0.25, 0.3) is 10.0 Å². The molecule has 3 aromatic rings. The predicted octanol–water partition coefficient (Wildman–Crippen LogP) is 4.11. The third-order valence-electron chi connectivity index (χ3n) is 4.98. The molecule has 1 N–H and O–H groups in total. The van der Waals surface area contributed by atoms with E-state index in [0.717, 1.165) is 11.1 Å². The van der Waals surface area contributed by atoms with Gasteiger partial charge < -0.3 is 5.32 Å². The number of carbonyl (C=O) groups is 1. The van der Waals surface area contributed by atoms with Gasteiger partial charge in [0, 0.05) is 6.54 Å². The number of para-hydroxylation sites is 1. The maximum absolute atomic E-state index is 13.3. The Kier molecular flexibility index (Phi) is 6.90. The summed E-state index contributed by atoms with van der Waals surface area (Å²) in [6.45, 7) is 3.99. The normalized spacial score (nSPS) is 12.2. The van der Waals surface area contributed by atoms with Crippen LogP contribution in [0.3, 0.4) is 0 Å². The third kappa shape index (κ3) is 5.07. The fourth-order valence-corrected chi connectivity index (χ4v) is 4.72. The van der Waals surface area contributed by atoms with E-state index in [2.05, 4.69) is 5.32 Å². The van der Waals surface area contributed by atoms with Crippen LogP contribution in [0.25, 0.3) is 0 Å². The molecule has 30 heavy (non-hydrogen) atoms. The Bertz CT molecular complexity index is 1080. The summed E-state index contributed by atoms with van der Waals surface area (Å²) in [7, 11) is -3.89. The minimum absolute atomic E-state index is 0.118. The van der Waals surface area contributed by atoms with Crippen molar-refractivity contribution in [2.75, 3.05) is 17.4 Å². The number of anilines is 1. The first-order valence-corrected chi connectivity index (χ1v) is 11.3. The van der Waals surface area contributed by atoms with Crippen molar-refractivity contribution in [2.45, 2.75) is 24.7 Å².